The van der Waals surface area contributed by atoms with Gasteiger partial charge in [-0.25, -0.2) is 0 Å². The molecule has 0 N–H and O–H groups in total. The van der Waals surface area contributed by atoms with Gasteiger partial charge in [0, 0.05) is 13.1 Å². The molecule has 1 fully saturated rings. The first-order valence-electron chi connectivity index (χ1n) is 7.38. The number of ether oxygens (including phenoxy) is 2. The Bertz CT molecular complexity index is 467. The van der Waals surface area contributed by atoms with Crippen LogP contribution in [0.15, 0.2) is 24.3 Å². The summed E-state index contributed by atoms with van der Waals surface area (Å²) in [7, 11) is 1.47. The van der Waals surface area contributed by atoms with Gasteiger partial charge < -0.3 is 14.4 Å². The van der Waals surface area contributed by atoms with E-state index in [1.807, 2.05) is 24.3 Å². The largest absolute Gasteiger partial charge is 0.492 e. The van der Waals surface area contributed by atoms with E-state index in [1.54, 1.807) is 0 Å². The molecule has 1 saturated heterocycles. The van der Waals surface area contributed by atoms with E-state index >= 15 is 0 Å². The van der Waals surface area contributed by atoms with Crippen LogP contribution in [-0.2, 0) is 9.53 Å². The number of nitrogens with zero attached hydrogens (tertiary/aromatic N) is 1. The van der Waals surface area contributed by atoms with Crippen LogP contribution >= 0.6 is 22.6 Å². The molecule has 21 heavy (non-hydrogen) atoms. The number of methoxy groups -OCH3 is 1. The lowest BCUT2D eigenvalue weighted by molar-refractivity contribution is -0.147. The summed E-state index contributed by atoms with van der Waals surface area (Å²) in [5.41, 5.74) is 0. The summed E-state index contributed by atoms with van der Waals surface area (Å²) in [5, 5.41) is 0. The van der Waals surface area contributed by atoms with Gasteiger partial charge in [0.15, 0.2) is 0 Å². The molecule has 116 valence electrons. The third kappa shape index (κ3) is 5.14. The molecule has 0 aromatic heterocycles. The molecule has 2 rings (SSSR count). The van der Waals surface area contributed by atoms with E-state index < -0.39 is 0 Å². The maximum Gasteiger partial charge on any atom is 0.309 e. The Morgan fingerprint density at radius 2 is 2.24 bits per heavy atom. The second-order valence-electron chi connectivity index (χ2n) is 5.30. The summed E-state index contributed by atoms with van der Waals surface area (Å²) in [6, 6.07) is 8.04. The lowest BCUT2D eigenvalue weighted by Gasteiger charge is -2.31. The number of piperidine rings is 1. The lowest BCUT2D eigenvalue weighted by Crippen LogP contribution is -2.39. The molecule has 1 aliphatic heterocycles. The molecule has 0 radical (unpaired) electrons. The summed E-state index contributed by atoms with van der Waals surface area (Å²) in [4.78, 5) is 13.9. The highest BCUT2D eigenvalue weighted by Crippen LogP contribution is 2.20. The molecule has 0 aliphatic carbocycles. The van der Waals surface area contributed by atoms with Crippen molar-refractivity contribution in [1.82, 2.24) is 4.90 Å². The van der Waals surface area contributed by atoms with Crippen LogP contribution in [0.2, 0.25) is 0 Å². The molecule has 1 aromatic rings. The van der Waals surface area contributed by atoms with Crippen molar-refractivity contribution >= 4 is 28.6 Å². The number of hydrogen-bond acceptors (Lipinski definition) is 4. The number of para-hydroxylation sites is 1. The first-order valence-corrected chi connectivity index (χ1v) is 8.46. The van der Waals surface area contributed by atoms with Crippen molar-refractivity contribution in [3.63, 3.8) is 0 Å². The fourth-order valence-electron chi connectivity index (χ4n) is 2.65. The predicted octanol–water partition coefficient (Wildman–Crippen LogP) is 2.95. The van der Waals surface area contributed by atoms with E-state index in [-0.39, 0.29) is 11.9 Å². The Morgan fingerprint density at radius 3 is 3.00 bits per heavy atom. The molecule has 1 aliphatic rings. The molecule has 0 bridgehead atoms. The fraction of sp³-hybridized carbons (Fsp3) is 0.562. The van der Waals surface area contributed by atoms with E-state index in [0.29, 0.717) is 6.61 Å². The number of likely N-dealkylation sites (tertiary alicyclic amines) is 1. The zero-order valence-electron chi connectivity index (χ0n) is 12.4. The Labute approximate surface area is 139 Å². The summed E-state index contributed by atoms with van der Waals surface area (Å²) in [5.74, 6) is 0.915. The Morgan fingerprint density at radius 1 is 1.43 bits per heavy atom. The molecule has 1 unspecified atom stereocenters. The Hall–Kier alpha value is -0.820. The average Bonchev–Trinajstić information content (AvgIpc) is 2.52. The first-order chi connectivity index (χ1) is 10.2. The number of benzene rings is 1. The minimum atomic E-state index is -0.0743. The quantitative estimate of drug-likeness (QED) is 0.416. The number of hydrogen-bond donors (Lipinski definition) is 0. The molecule has 1 atom stereocenters. The van der Waals surface area contributed by atoms with Crippen LogP contribution in [0, 0.1) is 9.49 Å². The molecular weight excluding hydrogens is 381 g/mol. The second-order valence-corrected chi connectivity index (χ2v) is 6.46. The van der Waals surface area contributed by atoms with Gasteiger partial charge in [0.1, 0.15) is 5.75 Å². The van der Waals surface area contributed by atoms with E-state index in [9.17, 15) is 4.79 Å². The smallest absolute Gasteiger partial charge is 0.309 e. The lowest BCUT2D eigenvalue weighted by atomic mass is 9.98. The number of halogens is 1. The van der Waals surface area contributed by atoms with Crippen LogP contribution in [0.3, 0.4) is 0 Å². The van der Waals surface area contributed by atoms with Crippen molar-refractivity contribution in [2.75, 3.05) is 33.4 Å². The molecule has 0 spiro atoms. The van der Waals surface area contributed by atoms with Gasteiger partial charge in [-0.3, -0.25) is 4.79 Å². The third-order valence-corrected chi connectivity index (χ3v) is 4.64. The van der Waals surface area contributed by atoms with Gasteiger partial charge in [-0.05, 0) is 60.5 Å². The zero-order chi connectivity index (χ0) is 15.1. The standard InChI is InChI=1S/C16H22INO3/c1-20-16(19)13-6-4-9-18(12-13)10-5-11-21-15-8-3-2-7-14(15)17/h2-3,7-8,13H,4-6,9-12H2,1H3. The summed E-state index contributed by atoms with van der Waals surface area (Å²) in [6.07, 6.45) is 2.98. The number of carbonyl (C=O) groups excluding carboxylic acids is 1. The first kappa shape index (κ1) is 16.5. The third-order valence-electron chi connectivity index (χ3n) is 3.75. The maximum absolute atomic E-state index is 11.6. The minimum Gasteiger partial charge on any atom is -0.492 e. The Balaban J connectivity index is 1.69. The van der Waals surface area contributed by atoms with Crippen LogP contribution in [0.25, 0.3) is 0 Å². The maximum atomic E-state index is 11.6. The van der Waals surface area contributed by atoms with E-state index in [2.05, 4.69) is 27.5 Å². The van der Waals surface area contributed by atoms with Crippen molar-refractivity contribution in [2.45, 2.75) is 19.3 Å². The molecule has 5 heteroatoms. The normalized spacial score (nSPS) is 19.2. The second kappa shape index (κ2) is 8.58. The van der Waals surface area contributed by atoms with Crippen LogP contribution in [-0.4, -0.2) is 44.2 Å². The predicted molar refractivity (Wildman–Crippen MR) is 90.5 cm³/mol. The highest BCUT2D eigenvalue weighted by molar-refractivity contribution is 14.1. The van der Waals surface area contributed by atoms with Crippen molar-refractivity contribution in [1.29, 1.82) is 0 Å². The van der Waals surface area contributed by atoms with Gasteiger partial charge in [0.05, 0.1) is 23.2 Å². The van der Waals surface area contributed by atoms with E-state index in [4.69, 9.17) is 9.47 Å². The Kier molecular flexibility index (Phi) is 6.76. The average molecular weight is 403 g/mol. The summed E-state index contributed by atoms with van der Waals surface area (Å²) < 4.78 is 11.8. The zero-order valence-corrected chi connectivity index (χ0v) is 14.5. The van der Waals surface area contributed by atoms with Crippen LogP contribution in [0.5, 0.6) is 5.75 Å². The topological polar surface area (TPSA) is 38.8 Å². The molecule has 0 saturated carbocycles. The van der Waals surface area contributed by atoms with Crippen molar-refractivity contribution in [3.05, 3.63) is 27.8 Å². The summed E-state index contributed by atoms with van der Waals surface area (Å²) in [6.45, 7) is 3.56. The highest BCUT2D eigenvalue weighted by Gasteiger charge is 2.25. The molecule has 1 heterocycles. The van der Waals surface area contributed by atoms with Gasteiger partial charge in [-0.2, -0.15) is 0 Å². The molecular formula is C16H22INO3. The van der Waals surface area contributed by atoms with Gasteiger partial charge >= 0.3 is 5.97 Å². The van der Waals surface area contributed by atoms with E-state index in [1.165, 1.54) is 7.11 Å². The fourth-order valence-corrected chi connectivity index (χ4v) is 3.19. The van der Waals surface area contributed by atoms with Gasteiger partial charge in [-0.15, -0.1) is 0 Å². The van der Waals surface area contributed by atoms with Crippen molar-refractivity contribution < 1.29 is 14.3 Å². The SMILES string of the molecule is COC(=O)C1CCCN(CCCOc2ccccc2I)C1. The molecule has 0 amide bonds. The van der Waals surface area contributed by atoms with Crippen LogP contribution < -0.4 is 4.74 Å². The van der Waals surface area contributed by atoms with Gasteiger partial charge in [0.2, 0.25) is 0 Å². The van der Waals surface area contributed by atoms with Crippen LogP contribution in [0.1, 0.15) is 19.3 Å². The van der Waals surface area contributed by atoms with Gasteiger partial charge in [-0.1, -0.05) is 12.1 Å². The van der Waals surface area contributed by atoms with Crippen molar-refractivity contribution in [3.8, 4) is 5.75 Å². The minimum absolute atomic E-state index is 0.0414. The molecule has 4 nitrogen and oxygen atoms in total. The van der Waals surface area contributed by atoms with E-state index in [0.717, 1.165) is 48.2 Å². The molecule has 1 aromatic carbocycles. The number of esters is 1. The summed E-state index contributed by atoms with van der Waals surface area (Å²) >= 11 is 2.28. The number of rotatable bonds is 6. The van der Waals surface area contributed by atoms with Crippen LogP contribution in [0.4, 0.5) is 0 Å². The number of carbonyl (C=O) groups is 1. The monoisotopic (exact) mass is 403 g/mol. The van der Waals surface area contributed by atoms with Gasteiger partial charge in [0.25, 0.3) is 0 Å². The van der Waals surface area contributed by atoms with Crippen molar-refractivity contribution in [2.24, 2.45) is 5.92 Å². The highest BCUT2D eigenvalue weighted by atomic mass is 127.